The van der Waals surface area contributed by atoms with Gasteiger partial charge in [0.25, 0.3) is 0 Å². The third kappa shape index (κ3) is 208. The molecule has 0 heterocycles. The van der Waals surface area contributed by atoms with Crippen molar-refractivity contribution in [3.8, 4) is 0 Å². The number of unbranched alkanes of at least 4 members (excludes halogenated alkanes) is 1. The van der Waals surface area contributed by atoms with Crippen molar-refractivity contribution in [3.05, 3.63) is 0 Å². The molecule has 0 aliphatic heterocycles. The molecule has 0 radical (unpaired) electrons. The molecule has 1 N–H and O–H groups in total. The van der Waals surface area contributed by atoms with E-state index in [2.05, 4.69) is 26.1 Å². The summed E-state index contributed by atoms with van der Waals surface area (Å²) in [5.74, 6) is 0. The molecule has 0 bridgehead atoms. The lowest BCUT2D eigenvalue weighted by molar-refractivity contribution is 0.864. The van der Waals surface area contributed by atoms with E-state index in [1.807, 2.05) is 34.7 Å². The highest BCUT2D eigenvalue weighted by atomic mass is 14.8. The van der Waals surface area contributed by atoms with Crippen LogP contribution in [0.5, 0.6) is 0 Å². The number of rotatable bonds is 2. The Kier molecular flexibility index (Phi) is 131. The highest BCUT2D eigenvalue weighted by molar-refractivity contribution is 4.15. The van der Waals surface area contributed by atoms with Gasteiger partial charge in [0, 0.05) is 0 Å². The van der Waals surface area contributed by atoms with Gasteiger partial charge in [0.15, 0.2) is 0 Å². The van der Waals surface area contributed by atoms with Crippen LogP contribution in [0.25, 0.3) is 0 Å². The Morgan fingerprint density at radius 3 is 0.917 bits per heavy atom. The van der Waals surface area contributed by atoms with Gasteiger partial charge >= 0.3 is 0 Å². The first-order valence-electron chi connectivity index (χ1n) is 5.47. The van der Waals surface area contributed by atoms with E-state index in [-0.39, 0.29) is 0 Å². The van der Waals surface area contributed by atoms with Crippen molar-refractivity contribution in [1.82, 2.24) is 5.32 Å². The number of hydrogen-bond donors (Lipinski definition) is 1. The molecule has 0 amide bonds. The van der Waals surface area contributed by atoms with E-state index in [1.165, 1.54) is 12.8 Å². The predicted molar refractivity (Wildman–Crippen MR) is 62.9 cm³/mol. The SMILES string of the molecule is CC.CC.CCCC.CCNC. The van der Waals surface area contributed by atoms with Crippen LogP contribution in [0.2, 0.25) is 0 Å². The molecule has 0 aromatic rings. The molecule has 0 fully saturated rings. The second kappa shape index (κ2) is 69.3. The Morgan fingerprint density at radius 2 is 0.917 bits per heavy atom. The summed E-state index contributed by atoms with van der Waals surface area (Å²) in [6, 6.07) is 0. The van der Waals surface area contributed by atoms with Gasteiger partial charge in [-0.2, -0.15) is 0 Å². The van der Waals surface area contributed by atoms with E-state index in [9.17, 15) is 0 Å². The van der Waals surface area contributed by atoms with Crippen LogP contribution >= 0.6 is 0 Å². The summed E-state index contributed by atoms with van der Waals surface area (Å²) in [4.78, 5) is 0. The van der Waals surface area contributed by atoms with Gasteiger partial charge in [0.2, 0.25) is 0 Å². The molecule has 0 aromatic carbocycles. The van der Waals surface area contributed by atoms with Crippen LogP contribution in [-0.2, 0) is 0 Å². The van der Waals surface area contributed by atoms with Crippen molar-refractivity contribution in [2.75, 3.05) is 13.6 Å². The largest absolute Gasteiger partial charge is 0.320 e. The summed E-state index contributed by atoms with van der Waals surface area (Å²) in [5.41, 5.74) is 0. The van der Waals surface area contributed by atoms with Crippen LogP contribution in [0.4, 0.5) is 0 Å². The average molecular weight is 177 g/mol. The zero-order chi connectivity index (χ0) is 10.8. The minimum atomic E-state index is 1.07. The average Bonchev–Trinajstić information content (AvgIpc) is 2.23. The van der Waals surface area contributed by atoms with Gasteiger partial charge in [0.1, 0.15) is 0 Å². The lowest BCUT2D eigenvalue weighted by atomic mass is 10.4. The van der Waals surface area contributed by atoms with Crippen LogP contribution in [0.3, 0.4) is 0 Å². The Balaban J connectivity index is -0.0000000380. The zero-order valence-corrected chi connectivity index (χ0v) is 10.6. The fourth-order valence-corrected chi connectivity index (χ4v) is 0. The van der Waals surface area contributed by atoms with E-state index in [0.717, 1.165) is 6.54 Å². The predicted octanol–water partition coefficient (Wildman–Crippen LogP) is 4.08. The van der Waals surface area contributed by atoms with Gasteiger partial charge in [-0.15, -0.1) is 0 Å². The fourth-order valence-electron chi connectivity index (χ4n) is 0. The standard InChI is InChI=1S/C4H10.C3H9N.2C2H6/c2*1-3-4-2;2*1-2/h3-4H2,1-2H3;4H,3H2,1-2H3;2*1-2H3. The smallest absolute Gasteiger partial charge is 0.00804 e. The van der Waals surface area contributed by atoms with Gasteiger partial charge in [-0.05, 0) is 13.6 Å². The summed E-state index contributed by atoms with van der Waals surface area (Å²) >= 11 is 0. The van der Waals surface area contributed by atoms with Crippen LogP contribution < -0.4 is 5.32 Å². The van der Waals surface area contributed by atoms with Crippen molar-refractivity contribution in [1.29, 1.82) is 0 Å². The monoisotopic (exact) mass is 177 g/mol. The highest BCUT2D eigenvalue weighted by Gasteiger charge is 1.56. The summed E-state index contributed by atoms with van der Waals surface area (Å²) in [7, 11) is 1.93. The molecule has 0 aliphatic carbocycles. The van der Waals surface area contributed by atoms with Gasteiger partial charge in [-0.1, -0.05) is 61.3 Å². The lowest BCUT2D eigenvalue weighted by Crippen LogP contribution is -2.01. The summed E-state index contributed by atoms with van der Waals surface area (Å²) < 4.78 is 0. The van der Waals surface area contributed by atoms with Crippen LogP contribution in [0, 0.1) is 0 Å². The third-order valence-electron chi connectivity index (χ3n) is 0.854. The van der Waals surface area contributed by atoms with Crippen molar-refractivity contribution in [2.45, 2.75) is 61.3 Å². The first-order chi connectivity index (χ1) is 5.83. The molecule has 0 unspecified atom stereocenters. The molecule has 0 atom stereocenters. The van der Waals surface area contributed by atoms with E-state index >= 15 is 0 Å². The third-order valence-corrected chi connectivity index (χ3v) is 0.854. The molecule has 80 valence electrons. The molecular weight excluding hydrogens is 146 g/mol. The molecule has 0 spiro atoms. The summed E-state index contributed by atoms with van der Waals surface area (Å²) in [6.45, 7) is 15.5. The second-order valence-electron chi connectivity index (χ2n) is 1.71. The van der Waals surface area contributed by atoms with Crippen molar-refractivity contribution in [3.63, 3.8) is 0 Å². The van der Waals surface area contributed by atoms with Crippen molar-refractivity contribution in [2.24, 2.45) is 0 Å². The molecule has 0 rings (SSSR count). The Labute approximate surface area is 81.0 Å². The molecule has 1 heteroatoms. The molecule has 0 saturated carbocycles. The summed E-state index contributed by atoms with van der Waals surface area (Å²) in [6.07, 6.45) is 2.64. The molecule has 0 aliphatic rings. The second-order valence-corrected chi connectivity index (χ2v) is 1.71. The topological polar surface area (TPSA) is 12.0 Å². The first kappa shape index (κ1) is 22.7. The zero-order valence-electron chi connectivity index (χ0n) is 10.6. The minimum absolute atomic E-state index is 1.07. The minimum Gasteiger partial charge on any atom is -0.320 e. The van der Waals surface area contributed by atoms with Crippen LogP contribution in [-0.4, -0.2) is 13.6 Å². The van der Waals surface area contributed by atoms with Gasteiger partial charge in [-0.25, -0.2) is 0 Å². The Bertz CT molecular complexity index is 13.0. The Hall–Kier alpha value is -0.0400. The summed E-state index contributed by atoms with van der Waals surface area (Å²) in [5, 5.41) is 2.93. The molecule has 0 saturated heterocycles. The molecule has 1 nitrogen and oxygen atoms in total. The Morgan fingerprint density at radius 1 is 0.750 bits per heavy atom. The van der Waals surface area contributed by atoms with E-state index in [0.29, 0.717) is 0 Å². The molecule has 0 aromatic heterocycles. The van der Waals surface area contributed by atoms with Crippen LogP contribution in [0.15, 0.2) is 0 Å². The number of nitrogens with one attached hydrogen (secondary N) is 1. The van der Waals surface area contributed by atoms with Gasteiger partial charge in [0.05, 0.1) is 0 Å². The number of hydrogen-bond acceptors (Lipinski definition) is 1. The normalized spacial score (nSPS) is 6.00. The highest BCUT2D eigenvalue weighted by Crippen LogP contribution is 1.76. The first-order valence-corrected chi connectivity index (χ1v) is 5.47. The van der Waals surface area contributed by atoms with Crippen LogP contribution in [0.1, 0.15) is 61.3 Å². The van der Waals surface area contributed by atoms with Crippen molar-refractivity contribution >= 4 is 0 Å². The molecule has 12 heavy (non-hydrogen) atoms. The fraction of sp³-hybridized carbons (Fsp3) is 1.00. The quantitative estimate of drug-likeness (QED) is 0.670. The maximum atomic E-state index is 2.93. The van der Waals surface area contributed by atoms with Crippen molar-refractivity contribution < 1.29 is 0 Å². The van der Waals surface area contributed by atoms with E-state index in [1.54, 1.807) is 0 Å². The maximum absolute atomic E-state index is 2.93. The van der Waals surface area contributed by atoms with E-state index in [4.69, 9.17) is 0 Å². The lowest BCUT2D eigenvalue weighted by Gasteiger charge is -1.76. The van der Waals surface area contributed by atoms with Gasteiger partial charge < -0.3 is 5.32 Å². The van der Waals surface area contributed by atoms with E-state index < -0.39 is 0 Å². The maximum Gasteiger partial charge on any atom is -0.00804 e. The van der Waals surface area contributed by atoms with Gasteiger partial charge in [-0.3, -0.25) is 0 Å². The molecular formula is C11H31N.